The van der Waals surface area contributed by atoms with Crippen LogP contribution in [-0.2, 0) is 6.54 Å². The predicted octanol–water partition coefficient (Wildman–Crippen LogP) is 1.73. The van der Waals surface area contributed by atoms with Crippen molar-refractivity contribution in [1.29, 1.82) is 0 Å². The third-order valence-electron chi connectivity index (χ3n) is 2.01. The second kappa shape index (κ2) is 3.49. The van der Waals surface area contributed by atoms with Gasteiger partial charge >= 0.3 is 0 Å². The number of nitrogens with zero attached hydrogens (tertiary/aromatic N) is 2. The molecule has 2 aromatic rings. The summed E-state index contributed by atoms with van der Waals surface area (Å²) in [5, 5.41) is 3.60. The summed E-state index contributed by atoms with van der Waals surface area (Å²) < 4.78 is 6.80. The molecule has 4 nitrogen and oxygen atoms in total. The lowest BCUT2D eigenvalue weighted by atomic mass is 10.3. The van der Waals surface area contributed by atoms with Crippen molar-refractivity contribution in [2.45, 2.75) is 13.5 Å². The highest BCUT2D eigenvalue weighted by atomic mass is 16.5. The minimum atomic E-state index is 0.0505. The molecular formula is C10H10N2O2. The van der Waals surface area contributed by atoms with E-state index in [2.05, 4.69) is 5.16 Å². The van der Waals surface area contributed by atoms with E-state index >= 15 is 0 Å². The van der Waals surface area contributed by atoms with Crippen molar-refractivity contribution in [2.75, 3.05) is 0 Å². The van der Waals surface area contributed by atoms with Gasteiger partial charge in [-0.1, -0.05) is 5.16 Å². The predicted molar refractivity (Wildman–Crippen MR) is 50.0 cm³/mol. The zero-order valence-corrected chi connectivity index (χ0v) is 7.80. The molecule has 0 aliphatic rings. The highest BCUT2D eigenvalue weighted by molar-refractivity contribution is 5.92. The molecule has 0 aliphatic carbocycles. The van der Waals surface area contributed by atoms with Crippen LogP contribution in [0.3, 0.4) is 0 Å². The molecule has 2 heterocycles. The number of rotatable bonds is 3. The number of carbonyl (C=O) groups excluding carboxylic acids is 1. The Bertz CT molecular complexity index is 429. The van der Waals surface area contributed by atoms with Crippen molar-refractivity contribution in [2.24, 2.45) is 0 Å². The van der Waals surface area contributed by atoms with Crippen LogP contribution >= 0.6 is 0 Å². The SMILES string of the molecule is CC(=O)c1cccn1Cc1ccno1. The minimum absolute atomic E-state index is 0.0505. The Morgan fingerprint density at radius 1 is 1.57 bits per heavy atom. The summed E-state index contributed by atoms with van der Waals surface area (Å²) in [6.07, 6.45) is 3.44. The van der Waals surface area contributed by atoms with Crippen LogP contribution in [0, 0.1) is 0 Å². The van der Waals surface area contributed by atoms with Crippen molar-refractivity contribution in [3.63, 3.8) is 0 Å². The molecule has 2 aromatic heterocycles. The van der Waals surface area contributed by atoms with Gasteiger partial charge in [-0.05, 0) is 12.1 Å². The van der Waals surface area contributed by atoms with Gasteiger partial charge in [-0.2, -0.15) is 0 Å². The zero-order valence-electron chi connectivity index (χ0n) is 7.80. The third kappa shape index (κ3) is 1.59. The Morgan fingerprint density at radius 3 is 3.07 bits per heavy atom. The molecule has 0 aliphatic heterocycles. The van der Waals surface area contributed by atoms with Crippen LogP contribution in [0.4, 0.5) is 0 Å². The minimum Gasteiger partial charge on any atom is -0.359 e. The van der Waals surface area contributed by atoms with Gasteiger partial charge in [0.25, 0.3) is 0 Å². The molecule has 2 rings (SSSR count). The monoisotopic (exact) mass is 190 g/mol. The summed E-state index contributed by atoms with van der Waals surface area (Å²) in [5.74, 6) is 0.790. The van der Waals surface area contributed by atoms with Crippen LogP contribution < -0.4 is 0 Å². The van der Waals surface area contributed by atoms with E-state index in [1.54, 1.807) is 25.3 Å². The largest absolute Gasteiger partial charge is 0.359 e. The van der Waals surface area contributed by atoms with Crippen LogP contribution in [0.15, 0.2) is 35.1 Å². The Balaban J connectivity index is 2.25. The van der Waals surface area contributed by atoms with E-state index in [0.29, 0.717) is 12.2 Å². The molecule has 0 aromatic carbocycles. The Labute approximate surface area is 81.1 Å². The molecule has 4 heteroatoms. The van der Waals surface area contributed by atoms with Gasteiger partial charge in [0.15, 0.2) is 11.5 Å². The zero-order chi connectivity index (χ0) is 9.97. The molecule has 0 atom stereocenters. The summed E-state index contributed by atoms with van der Waals surface area (Å²) in [6, 6.07) is 5.41. The van der Waals surface area contributed by atoms with Gasteiger partial charge in [-0.15, -0.1) is 0 Å². The number of ketones is 1. The van der Waals surface area contributed by atoms with Crippen LogP contribution in [0.1, 0.15) is 23.2 Å². The molecule has 14 heavy (non-hydrogen) atoms. The molecule has 0 radical (unpaired) electrons. The van der Waals surface area contributed by atoms with Crippen LogP contribution in [0.25, 0.3) is 0 Å². The van der Waals surface area contributed by atoms with Gasteiger partial charge in [0, 0.05) is 19.2 Å². The second-order valence-corrected chi connectivity index (χ2v) is 3.06. The fourth-order valence-corrected chi connectivity index (χ4v) is 1.36. The van der Waals surface area contributed by atoms with Crippen LogP contribution in [-0.4, -0.2) is 15.5 Å². The standard InChI is InChI=1S/C10H10N2O2/c1-8(13)10-3-2-6-12(10)7-9-4-5-11-14-9/h2-6H,7H2,1H3. The topological polar surface area (TPSA) is 48.0 Å². The van der Waals surface area contributed by atoms with Gasteiger partial charge in [0.2, 0.25) is 0 Å². The van der Waals surface area contributed by atoms with Gasteiger partial charge in [0.05, 0.1) is 18.4 Å². The Kier molecular flexibility index (Phi) is 2.18. The van der Waals surface area contributed by atoms with Crippen molar-refractivity contribution in [3.8, 4) is 0 Å². The first kappa shape index (κ1) is 8.74. The summed E-state index contributed by atoms with van der Waals surface area (Å²) in [5.41, 5.74) is 0.682. The maximum Gasteiger partial charge on any atom is 0.176 e. The fourth-order valence-electron chi connectivity index (χ4n) is 1.36. The molecule has 0 amide bonds. The van der Waals surface area contributed by atoms with E-state index in [9.17, 15) is 4.79 Å². The number of carbonyl (C=O) groups is 1. The van der Waals surface area contributed by atoms with Crippen molar-refractivity contribution < 1.29 is 9.32 Å². The summed E-state index contributed by atoms with van der Waals surface area (Å²) >= 11 is 0. The lowest BCUT2D eigenvalue weighted by molar-refractivity contribution is 0.100. The lowest BCUT2D eigenvalue weighted by Crippen LogP contribution is -2.05. The first-order valence-corrected chi connectivity index (χ1v) is 4.33. The van der Waals surface area contributed by atoms with E-state index in [-0.39, 0.29) is 5.78 Å². The van der Waals surface area contributed by atoms with Crippen LogP contribution in [0.2, 0.25) is 0 Å². The smallest absolute Gasteiger partial charge is 0.176 e. The van der Waals surface area contributed by atoms with Gasteiger partial charge in [-0.3, -0.25) is 4.79 Å². The fraction of sp³-hybridized carbons (Fsp3) is 0.200. The third-order valence-corrected chi connectivity index (χ3v) is 2.01. The quantitative estimate of drug-likeness (QED) is 0.692. The van der Waals surface area contributed by atoms with E-state index in [1.807, 2.05) is 16.8 Å². The molecule has 0 N–H and O–H groups in total. The molecule has 0 fully saturated rings. The van der Waals surface area contributed by atoms with E-state index < -0.39 is 0 Å². The number of Topliss-reactive ketones (excluding diaryl/α,β-unsaturated/α-hetero) is 1. The maximum atomic E-state index is 11.2. The normalized spacial score (nSPS) is 10.4. The highest BCUT2D eigenvalue weighted by Gasteiger charge is 2.07. The highest BCUT2D eigenvalue weighted by Crippen LogP contribution is 2.07. The molecule has 0 spiro atoms. The molecule has 0 bridgehead atoms. The maximum absolute atomic E-state index is 11.2. The molecular weight excluding hydrogens is 180 g/mol. The molecule has 0 unspecified atom stereocenters. The van der Waals surface area contributed by atoms with Crippen molar-refractivity contribution in [3.05, 3.63) is 42.0 Å². The van der Waals surface area contributed by atoms with Crippen molar-refractivity contribution >= 4 is 5.78 Å². The average molecular weight is 190 g/mol. The number of hydrogen-bond acceptors (Lipinski definition) is 3. The molecule has 72 valence electrons. The Hall–Kier alpha value is -1.84. The van der Waals surface area contributed by atoms with Crippen LogP contribution in [0.5, 0.6) is 0 Å². The van der Waals surface area contributed by atoms with Gasteiger partial charge in [-0.25, -0.2) is 0 Å². The number of aromatic nitrogens is 2. The average Bonchev–Trinajstić information content (AvgIpc) is 2.75. The summed E-state index contributed by atoms with van der Waals surface area (Å²) in [6.45, 7) is 2.09. The molecule has 0 saturated heterocycles. The first-order chi connectivity index (χ1) is 6.77. The first-order valence-electron chi connectivity index (χ1n) is 4.33. The van der Waals surface area contributed by atoms with Crippen molar-refractivity contribution in [1.82, 2.24) is 9.72 Å². The summed E-state index contributed by atoms with van der Waals surface area (Å²) in [4.78, 5) is 11.2. The summed E-state index contributed by atoms with van der Waals surface area (Å²) in [7, 11) is 0. The van der Waals surface area contributed by atoms with Gasteiger partial charge < -0.3 is 9.09 Å². The van der Waals surface area contributed by atoms with E-state index in [1.165, 1.54) is 0 Å². The van der Waals surface area contributed by atoms with E-state index in [4.69, 9.17) is 4.52 Å². The number of hydrogen-bond donors (Lipinski definition) is 0. The molecule has 0 saturated carbocycles. The lowest BCUT2D eigenvalue weighted by Gasteiger charge is -2.02. The second-order valence-electron chi connectivity index (χ2n) is 3.06. The van der Waals surface area contributed by atoms with E-state index in [0.717, 1.165) is 5.76 Å². The Morgan fingerprint density at radius 2 is 2.43 bits per heavy atom. The van der Waals surface area contributed by atoms with Gasteiger partial charge in [0.1, 0.15) is 0 Å².